The molecule has 0 atom stereocenters. The van der Waals surface area contributed by atoms with Crippen LogP contribution in [-0.4, -0.2) is 13.0 Å². The summed E-state index contributed by atoms with van der Waals surface area (Å²) in [5.41, 5.74) is 1.36. The Morgan fingerprint density at radius 1 is 1.12 bits per heavy atom. The van der Waals surface area contributed by atoms with Crippen LogP contribution in [0.15, 0.2) is 57.7 Å². The van der Waals surface area contributed by atoms with E-state index >= 15 is 0 Å². The lowest BCUT2D eigenvalue weighted by Gasteiger charge is -2.10. The minimum Gasteiger partial charge on any atom is -0.497 e. The maximum absolute atomic E-state index is 11.7. The van der Waals surface area contributed by atoms with E-state index in [1.807, 2.05) is 0 Å². The third-order valence-corrected chi connectivity index (χ3v) is 3.58. The van der Waals surface area contributed by atoms with Crippen LogP contribution in [0.1, 0.15) is 12.5 Å². The second-order valence-electron chi connectivity index (χ2n) is 5.45. The van der Waals surface area contributed by atoms with Crippen molar-refractivity contribution in [3.8, 4) is 11.5 Å². The van der Waals surface area contributed by atoms with Gasteiger partial charge in [0.15, 0.2) is 0 Å². The number of methoxy groups -OCH3 is 1. The number of hydrogen-bond acceptors (Lipinski definition) is 5. The highest BCUT2D eigenvalue weighted by atomic mass is 16.5. The number of amides is 1. The molecule has 1 amide bonds. The summed E-state index contributed by atoms with van der Waals surface area (Å²) in [5, 5.41) is 3.44. The first-order valence-corrected chi connectivity index (χ1v) is 7.66. The van der Waals surface area contributed by atoms with Gasteiger partial charge in [0.2, 0.25) is 5.91 Å². The van der Waals surface area contributed by atoms with Gasteiger partial charge in [-0.1, -0.05) is 6.07 Å². The Balaban J connectivity index is 1.88. The summed E-state index contributed by atoms with van der Waals surface area (Å²) in [6.07, 6.45) is 0. The van der Waals surface area contributed by atoms with Gasteiger partial charge in [0.1, 0.15) is 23.7 Å². The van der Waals surface area contributed by atoms with Crippen LogP contribution in [0.5, 0.6) is 11.5 Å². The third kappa shape index (κ3) is 3.98. The molecule has 6 nitrogen and oxygen atoms in total. The summed E-state index contributed by atoms with van der Waals surface area (Å²) >= 11 is 0. The highest BCUT2D eigenvalue weighted by Gasteiger charge is 2.08. The number of ether oxygens (including phenoxy) is 2. The van der Waals surface area contributed by atoms with E-state index in [1.165, 1.54) is 13.0 Å². The summed E-state index contributed by atoms with van der Waals surface area (Å²) in [6.45, 7) is 1.62. The van der Waals surface area contributed by atoms with Gasteiger partial charge >= 0.3 is 5.63 Å². The Labute approximate surface area is 144 Å². The van der Waals surface area contributed by atoms with Crippen molar-refractivity contribution in [2.24, 2.45) is 0 Å². The van der Waals surface area contributed by atoms with Crippen LogP contribution in [0.3, 0.4) is 0 Å². The van der Waals surface area contributed by atoms with Gasteiger partial charge in [-0.3, -0.25) is 4.79 Å². The molecule has 2 aromatic carbocycles. The second kappa shape index (κ2) is 7.09. The molecule has 0 saturated carbocycles. The van der Waals surface area contributed by atoms with E-state index in [0.29, 0.717) is 28.3 Å². The minimum atomic E-state index is -0.441. The van der Waals surface area contributed by atoms with Crippen molar-refractivity contribution in [3.63, 3.8) is 0 Å². The summed E-state index contributed by atoms with van der Waals surface area (Å²) in [7, 11) is 1.57. The topological polar surface area (TPSA) is 77.8 Å². The lowest BCUT2D eigenvalue weighted by Crippen LogP contribution is -2.06. The molecule has 1 heterocycles. The summed E-state index contributed by atoms with van der Waals surface area (Å²) in [5.74, 6) is 1.08. The van der Waals surface area contributed by atoms with E-state index in [4.69, 9.17) is 13.9 Å². The van der Waals surface area contributed by atoms with Gasteiger partial charge in [-0.15, -0.1) is 0 Å². The number of nitrogens with one attached hydrogen (secondary N) is 1. The average molecular weight is 339 g/mol. The molecule has 25 heavy (non-hydrogen) atoms. The zero-order valence-corrected chi connectivity index (χ0v) is 13.9. The summed E-state index contributed by atoms with van der Waals surface area (Å²) in [4.78, 5) is 22.9. The number of anilines is 1. The Morgan fingerprint density at radius 2 is 1.96 bits per heavy atom. The normalized spacial score (nSPS) is 10.5. The molecule has 0 fully saturated rings. The van der Waals surface area contributed by atoms with Gasteiger partial charge in [0.25, 0.3) is 0 Å². The molecule has 0 bridgehead atoms. The lowest BCUT2D eigenvalue weighted by molar-refractivity contribution is -0.114. The molecule has 0 saturated heterocycles. The molecule has 3 rings (SSSR count). The fourth-order valence-electron chi connectivity index (χ4n) is 2.48. The second-order valence-corrected chi connectivity index (χ2v) is 5.45. The first-order chi connectivity index (χ1) is 12.0. The Bertz CT molecular complexity index is 977. The van der Waals surface area contributed by atoms with Crippen LogP contribution in [0, 0.1) is 0 Å². The van der Waals surface area contributed by atoms with Crippen LogP contribution < -0.4 is 20.4 Å². The Kier molecular flexibility index (Phi) is 4.70. The first-order valence-electron chi connectivity index (χ1n) is 7.66. The minimum absolute atomic E-state index is 0.157. The molecule has 6 heteroatoms. The maximum atomic E-state index is 11.7. The zero-order chi connectivity index (χ0) is 17.8. The van der Waals surface area contributed by atoms with Crippen LogP contribution >= 0.6 is 0 Å². The van der Waals surface area contributed by atoms with Gasteiger partial charge in [0, 0.05) is 35.7 Å². The van der Waals surface area contributed by atoms with Crippen LogP contribution in [-0.2, 0) is 11.4 Å². The molecule has 0 radical (unpaired) electrons. The van der Waals surface area contributed by atoms with Crippen molar-refractivity contribution < 1.29 is 18.7 Å². The highest BCUT2D eigenvalue weighted by Crippen LogP contribution is 2.24. The van der Waals surface area contributed by atoms with Crippen molar-refractivity contribution in [1.29, 1.82) is 0 Å². The molecular formula is C19H17NO5. The molecule has 0 spiro atoms. The molecule has 0 aliphatic carbocycles. The SMILES string of the molecule is COc1ccc2oc(=O)cc(COc3cccc(NC(C)=O)c3)c2c1. The number of rotatable bonds is 5. The number of carbonyl (C=O) groups excluding carboxylic acids is 1. The molecule has 0 aliphatic rings. The van der Waals surface area contributed by atoms with Crippen molar-refractivity contribution in [3.05, 3.63) is 64.5 Å². The quantitative estimate of drug-likeness (QED) is 0.721. The lowest BCUT2D eigenvalue weighted by atomic mass is 10.1. The molecular weight excluding hydrogens is 322 g/mol. The van der Waals surface area contributed by atoms with E-state index in [2.05, 4.69) is 5.32 Å². The number of benzene rings is 2. The Morgan fingerprint density at radius 3 is 2.72 bits per heavy atom. The largest absolute Gasteiger partial charge is 0.497 e. The maximum Gasteiger partial charge on any atom is 0.336 e. The average Bonchev–Trinajstić information content (AvgIpc) is 2.59. The van der Waals surface area contributed by atoms with Crippen molar-refractivity contribution >= 4 is 22.6 Å². The van der Waals surface area contributed by atoms with Gasteiger partial charge in [-0.25, -0.2) is 4.79 Å². The van der Waals surface area contributed by atoms with Gasteiger partial charge in [-0.05, 0) is 30.3 Å². The van der Waals surface area contributed by atoms with Crippen LogP contribution in [0.4, 0.5) is 5.69 Å². The molecule has 3 aromatic rings. The van der Waals surface area contributed by atoms with Gasteiger partial charge in [0.05, 0.1) is 7.11 Å². The van der Waals surface area contributed by atoms with E-state index in [1.54, 1.807) is 49.6 Å². The predicted octanol–water partition coefficient (Wildman–Crippen LogP) is 3.34. The van der Waals surface area contributed by atoms with Crippen molar-refractivity contribution in [2.45, 2.75) is 13.5 Å². The zero-order valence-electron chi connectivity index (χ0n) is 13.9. The third-order valence-electron chi connectivity index (χ3n) is 3.58. The van der Waals surface area contributed by atoms with Crippen molar-refractivity contribution in [1.82, 2.24) is 0 Å². The van der Waals surface area contributed by atoms with E-state index < -0.39 is 5.63 Å². The fraction of sp³-hybridized carbons (Fsp3) is 0.158. The highest BCUT2D eigenvalue weighted by molar-refractivity contribution is 5.88. The first kappa shape index (κ1) is 16.6. The van der Waals surface area contributed by atoms with Crippen LogP contribution in [0.25, 0.3) is 11.0 Å². The smallest absolute Gasteiger partial charge is 0.336 e. The number of fused-ring (bicyclic) bond motifs is 1. The summed E-state index contributed by atoms with van der Waals surface area (Å²) < 4.78 is 16.2. The molecule has 1 aromatic heterocycles. The van der Waals surface area contributed by atoms with E-state index in [9.17, 15) is 9.59 Å². The van der Waals surface area contributed by atoms with E-state index in [-0.39, 0.29) is 12.5 Å². The Hall–Kier alpha value is -3.28. The molecule has 0 unspecified atom stereocenters. The van der Waals surface area contributed by atoms with Gasteiger partial charge < -0.3 is 19.2 Å². The predicted molar refractivity (Wildman–Crippen MR) is 94.1 cm³/mol. The van der Waals surface area contributed by atoms with Gasteiger partial charge in [-0.2, -0.15) is 0 Å². The molecule has 1 N–H and O–H groups in total. The number of hydrogen-bond donors (Lipinski definition) is 1. The monoisotopic (exact) mass is 339 g/mol. The standard InChI is InChI=1S/C19H17NO5/c1-12(21)20-14-4-3-5-16(9-14)24-11-13-8-19(22)25-18-7-6-15(23-2)10-17(13)18/h3-10H,11H2,1-2H3,(H,20,21). The van der Waals surface area contributed by atoms with Crippen molar-refractivity contribution in [2.75, 3.05) is 12.4 Å². The summed E-state index contributed by atoms with van der Waals surface area (Å²) in [6, 6.07) is 13.7. The fourth-order valence-corrected chi connectivity index (χ4v) is 2.48. The molecule has 0 aliphatic heterocycles. The molecule has 128 valence electrons. The van der Waals surface area contributed by atoms with E-state index in [0.717, 1.165) is 5.39 Å². The van der Waals surface area contributed by atoms with Crippen LogP contribution in [0.2, 0.25) is 0 Å². The number of carbonyl (C=O) groups is 1.